The van der Waals surface area contributed by atoms with E-state index in [-0.39, 0.29) is 6.61 Å². The van der Waals surface area contributed by atoms with Crippen molar-refractivity contribution < 1.29 is 14.6 Å². The van der Waals surface area contributed by atoms with E-state index in [0.717, 1.165) is 16.9 Å². The van der Waals surface area contributed by atoms with Crippen LogP contribution in [-0.2, 0) is 0 Å². The van der Waals surface area contributed by atoms with Crippen LogP contribution in [0.3, 0.4) is 0 Å². The van der Waals surface area contributed by atoms with E-state index in [1.807, 2.05) is 45.0 Å². The first kappa shape index (κ1) is 21.1. The molecule has 0 saturated heterocycles. The van der Waals surface area contributed by atoms with Crippen LogP contribution in [0.25, 0.3) is 0 Å². The second-order valence-corrected chi connectivity index (χ2v) is 5.18. The summed E-state index contributed by atoms with van der Waals surface area (Å²) in [5.74, 6) is 1.35. The Kier molecular flexibility index (Phi) is 8.82. The molecule has 0 aliphatic heterocycles. The van der Waals surface area contributed by atoms with Crippen LogP contribution in [0.15, 0.2) is 30.3 Å². The summed E-state index contributed by atoms with van der Waals surface area (Å²) in [6.07, 6.45) is 0. The van der Waals surface area contributed by atoms with Gasteiger partial charge in [-0.3, -0.25) is 0 Å². The van der Waals surface area contributed by atoms with Crippen LogP contribution in [0, 0.1) is 18.3 Å². The number of hydrogen-bond donors (Lipinski definition) is 3. The zero-order valence-corrected chi connectivity index (χ0v) is 16.0. The lowest BCUT2D eigenvalue weighted by atomic mass is 10.1. The first-order valence-electron chi connectivity index (χ1n) is 8.51. The van der Waals surface area contributed by atoms with E-state index in [2.05, 4.69) is 16.7 Å². The van der Waals surface area contributed by atoms with E-state index < -0.39 is 0 Å². The van der Waals surface area contributed by atoms with Gasteiger partial charge in [-0.1, -0.05) is 13.8 Å². The maximum absolute atomic E-state index is 9.16. The molecule has 0 aliphatic rings. The van der Waals surface area contributed by atoms with Crippen LogP contribution in [0.1, 0.15) is 25.0 Å². The molecule has 0 unspecified atom stereocenters. The van der Waals surface area contributed by atoms with Crippen molar-refractivity contribution in [1.82, 2.24) is 0 Å². The van der Waals surface area contributed by atoms with E-state index in [0.29, 0.717) is 29.3 Å². The van der Waals surface area contributed by atoms with Crippen molar-refractivity contribution in [3.63, 3.8) is 0 Å². The van der Waals surface area contributed by atoms with Crippen molar-refractivity contribution in [3.8, 4) is 17.6 Å². The van der Waals surface area contributed by atoms with Gasteiger partial charge in [0.25, 0.3) is 0 Å². The number of nitriles is 1. The smallest absolute Gasteiger partial charge is 0.163 e. The highest BCUT2D eigenvalue weighted by molar-refractivity contribution is 5.71. The topological polar surface area (TPSA) is 86.5 Å². The minimum absolute atomic E-state index is 0.00258. The zero-order chi connectivity index (χ0) is 19.5. The molecular weight excluding hydrogens is 330 g/mol. The molecule has 0 heterocycles. The summed E-state index contributed by atoms with van der Waals surface area (Å²) in [6, 6.07) is 11.3. The van der Waals surface area contributed by atoms with Gasteiger partial charge in [-0.15, -0.1) is 0 Å². The van der Waals surface area contributed by atoms with Gasteiger partial charge in [0.1, 0.15) is 6.07 Å². The van der Waals surface area contributed by atoms with Crippen LogP contribution >= 0.6 is 0 Å². The molecule has 140 valence electrons. The number of nitrogens with one attached hydrogen (secondary N) is 2. The number of benzene rings is 2. The third kappa shape index (κ3) is 5.30. The lowest BCUT2D eigenvalue weighted by Crippen LogP contribution is -2.07. The van der Waals surface area contributed by atoms with Gasteiger partial charge in [-0.05, 0) is 36.8 Å². The van der Waals surface area contributed by atoms with Gasteiger partial charge in [0.15, 0.2) is 11.5 Å². The second kappa shape index (κ2) is 10.9. The quantitative estimate of drug-likeness (QED) is 0.693. The summed E-state index contributed by atoms with van der Waals surface area (Å²) in [4.78, 5) is 0. The lowest BCUT2D eigenvalue weighted by Gasteiger charge is -2.15. The fourth-order valence-electron chi connectivity index (χ4n) is 2.45. The maximum Gasteiger partial charge on any atom is 0.163 e. The molecular formula is C20H27N3O3. The van der Waals surface area contributed by atoms with E-state index >= 15 is 0 Å². The molecule has 0 radical (unpaired) electrons. The Bertz CT molecular complexity index is 755. The fraction of sp³-hybridized carbons (Fsp3) is 0.350. The Balaban J connectivity index is 0.00000163. The van der Waals surface area contributed by atoms with E-state index in [1.165, 1.54) is 0 Å². The highest BCUT2D eigenvalue weighted by Gasteiger charge is 2.10. The number of methoxy groups -OCH3 is 2. The average Bonchev–Trinajstić information content (AvgIpc) is 2.67. The van der Waals surface area contributed by atoms with Crippen molar-refractivity contribution in [2.75, 3.05) is 38.0 Å². The summed E-state index contributed by atoms with van der Waals surface area (Å²) in [5, 5.41) is 24.4. The summed E-state index contributed by atoms with van der Waals surface area (Å²) in [7, 11) is 3.21. The number of nitrogens with zero attached hydrogens (tertiary/aromatic N) is 1. The summed E-state index contributed by atoms with van der Waals surface area (Å²) < 4.78 is 10.7. The molecule has 6 nitrogen and oxygen atoms in total. The third-order valence-electron chi connectivity index (χ3n) is 3.52. The molecule has 2 aromatic rings. The summed E-state index contributed by atoms with van der Waals surface area (Å²) in [5.41, 5.74) is 3.82. The molecule has 0 aliphatic carbocycles. The number of aliphatic hydroxyl groups is 1. The number of anilines is 3. The van der Waals surface area contributed by atoms with Crippen molar-refractivity contribution >= 4 is 17.1 Å². The van der Waals surface area contributed by atoms with Gasteiger partial charge in [0.05, 0.1) is 32.1 Å². The van der Waals surface area contributed by atoms with Crippen molar-refractivity contribution in [1.29, 1.82) is 5.26 Å². The molecule has 0 atom stereocenters. The lowest BCUT2D eigenvalue weighted by molar-refractivity contribution is 0.311. The molecule has 26 heavy (non-hydrogen) atoms. The third-order valence-corrected chi connectivity index (χ3v) is 3.52. The largest absolute Gasteiger partial charge is 0.493 e. The molecule has 3 N–H and O–H groups in total. The second-order valence-electron chi connectivity index (χ2n) is 5.18. The monoisotopic (exact) mass is 357 g/mol. The van der Waals surface area contributed by atoms with Crippen molar-refractivity contribution in [3.05, 3.63) is 41.5 Å². The average molecular weight is 357 g/mol. The van der Waals surface area contributed by atoms with Gasteiger partial charge in [-0.25, -0.2) is 0 Å². The van der Waals surface area contributed by atoms with Gasteiger partial charge in [-0.2, -0.15) is 5.26 Å². The molecule has 0 bridgehead atoms. The first-order valence-corrected chi connectivity index (χ1v) is 8.51. The van der Waals surface area contributed by atoms with Crippen molar-refractivity contribution in [2.45, 2.75) is 20.8 Å². The molecule has 0 saturated carbocycles. The van der Waals surface area contributed by atoms with Crippen LogP contribution in [0.2, 0.25) is 0 Å². The minimum atomic E-state index is -0.00258. The Morgan fingerprint density at radius 3 is 2.38 bits per heavy atom. The minimum Gasteiger partial charge on any atom is -0.493 e. The molecule has 2 rings (SSSR count). The van der Waals surface area contributed by atoms with Crippen LogP contribution in [0.4, 0.5) is 17.1 Å². The van der Waals surface area contributed by atoms with E-state index in [1.54, 1.807) is 20.3 Å². The van der Waals surface area contributed by atoms with Gasteiger partial charge < -0.3 is 25.2 Å². The SMILES string of the molecule is CC.COc1cc(Nc2ccc(C#N)c(NCCO)c2)cc(C)c1OC. The number of aryl methyl sites for hydroxylation is 1. The summed E-state index contributed by atoms with van der Waals surface area (Å²) in [6.45, 7) is 6.32. The van der Waals surface area contributed by atoms with Crippen molar-refractivity contribution in [2.24, 2.45) is 0 Å². The highest BCUT2D eigenvalue weighted by Crippen LogP contribution is 2.35. The first-order chi connectivity index (χ1) is 12.6. The molecule has 0 amide bonds. The maximum atomic E-state index is 9.16. The number of aliphatic hydroxyl groups excluding tert-OH is 1. The van der Waals surface area contributed by atoms with Gasteiger partial charge >= 0.3 is 0 Å². The molecule has 0 fully saturated rings. The van der Waals surface area contributed by atoms with Gasteiger partial charge in [0, 0.05) is 24.0 Å². The Labute approximate surface area is 155 Å². The van der Waals surface area contributed by atoms with Crippen LogP contribution in [0.5, 0.6) is 11.5 Å². The standard InChI is InChI=1S/C18H21N3O3.C2H6/c1-12-8-15(10-17(23-2)18(12)24-3)21-14-5-4-13(11-19)16(9-14)20-6-7-22;1-2/h4-5,8-10,20-22H,6-7H2,1-3H3;1-2H3. The van der Waals surface area contributed by atoms with E-state index in [4.69, 9.17) is 19.8 Å². The normalized spacial score (nSPS) is 9.42. The summed E-state index contributed by atoms with van der Waals surface area (Å²) >= 11 is 0. The molecule has 0 aromatic heterocycles. The molecule has 6 heteroatoms. The van der Waals surface area contributed by atoms with Crippen LogP contribution in [-0.4, -0.2) is 32.5 Å². The number of hydrogen-bond acceptors (Lipinski definition) is 6. The van der Waals surface area contributed by atoms with Gasteiger partial charge in [0.2, 0.25) is 0 Å². The Morgan fingerprint density at radius 2 is 1.81 bits per heavy atom. The predicted molar refractivity (Wildman–Crippen MR) is 106 cm³/mol. The Morgan fingerprint density at radius 1 is 1.08 bits per heavy atom. The highest BCUT2D eigenvalue weighted by atomic mass is 16.5. The molecule has 2 aromatic carbocycles. The number of rotatable bonds is 7. The van der Waals surface area contributed by atoms with Crippen LogP contribution < -0.4 is 20.1 Å². The Hall–Kier alpha value is -2.91. The number of ether oxygens (including phenoxy) is 2. The molecule has 0 spiro atoms. The zero-order valence-electron chi connectivity index (χ0n) is 16.0. The predicted octanol–water partition coefficient (Wildman–Crippen LogP) is 4.06. The van der Waals surface area contributed by atoms with E-state index in [9.17, 15) is 0 Å². The fourth-order valence-corrected chi connectivity index (χ4v) is 2.45.